The predicted octanol–water partition coefficient (Wildman–Crippen LogP) is 0.417. The van der Waals surface area contributed by atoms with Crippen LogP contribution in [0.3, 0.4) is 0 Å². The van der Waals surface area contributed by atoms with E-state index in [0.717, 1.165) is 5.69 Å². The molecular formula is C8H11N2O+. The lowest BCUT2D eigenvalue weighted by atomic mass is 10.2. The highest BCUT2D eigenvalue weighted by atomic mass is 16.1. The summed E-state index contributed by atoms with van der Waals surface area (Å²) in [7, 11) is 1.89. The van der Waals surface area contributed by atoms with Crippen LogP contribution >= 0.6 is 0 Å². The minimum Gasteiger partial charge on any atom is -0.293 e. The Hall–Kier alpha value is -1.25. The van der Waals surface area contributed by atoms with Gasteiger partial charge in [-0.05, 0) is 0 Å². The molecule has 0 aliphatic heterocycles. The Morgan fingerprint density at radius 1 is 1.64 bits per heavy atom. The lowest BCUT2D eigenvalue weighted by Crippen LogP contribution is -2.33. The van der Waals surface area contributed by atoms with E-state index in [0.29, 0.717) is 5.69 Å². The van der Waals surface area contributed by atoms with Crippen LogP contribution in [0.15, 0.2) is 12.4 Å². The summed E-state index contributed by atoms with van der Waals surface area (Å²) >= 11 is 0. The van der Waals surface area contributed by atoms with Crippen LogP contribution in [0.25, 0.3) is 0 Å². The number of ketones is 1. The third kappa shape index (κ3) is 1.42. The van der Waals surface area contributed by atoms with Crippen LogP contribution in [0.2, 0.25) is 0 Å². The predicted molar refractivity (Wildman–Crippen MR) is 40.2 cm³/mol. The van der Waals surface area contributed by atoms with Crippen molar-refractivity contribution in [3.8, 4) is 0 Å². The summed E-state index contributed by atoms with van der Waals surface area (Å²) in [5.41, 5.74) is 1.45. The molecule has 3 nitrogen and oxygen atoms in total. The van der Waals surface area contributed by atoms with Crippen LogP contribution in [0.4, 0.5) is 0 Å². The lowest BCUT2D eigenvalue weighted by Gasteiger charge is -1.96. The van der Waals surface area contributed by atoms with Crippen molar-refractivity contribution < 1.29 is 9.36 Å². The first-order chi connectivity index (χ1) is 5.13. The van der Waals surface area contributed by atoms with Gasteiger partial charge in [0.15, 0.2) is 17.7 Å². The molecule has 0 N–H and O–H groups in total. The van der Waals surface area contributed by atoms with Crippen molar-refractivity contribution in [1.82, 2.24) is 4.98 Å². The first-order valence-electron chi connectivity index (χ1n) is 3.45. The van der Waals surface area contributed by atoms with Gasteiger partial charge in [0.2, 0.25) is 5.69 Å². The molecule has 1 rings (SSSR count). The normalized spacial score (nSPS) is 9.73. The van der Waals surface area contributed by atoms with Gasteiger partial charge < -0.3 is 0 Å². The molecule has 0 spiro atoms. The summed E-state index contributed by atoms with van der Waals surface area (Å²) in [6, 6.07) is 0. The highest BCUT2D eigenvalue weighted by Gasteiger charge is 2.12. The van der Waals surface area contributed by atoms with Gasteiger partial charge in [0.05, 0.1) is 6.20 Å². The zero-order valence-electron chi connectivity index (χ0n) is 6.96. The highest BCUT2D eigenvalue weighted by molar-refractivity contribution is 5.92. The quantitative estimate of drug-likeness (QED) is 0.430. The fourth-order valence-corrected chi connectivity index (χ4v) is 0.926. The lowest BCUT2D eigenvalue weighted by molar-refractivity contribution is -0.678. The molecule has 1 aromatic heterocycles. The summed E-state index contributed by atoms with van der Waals surface area (Å²) in [5.74, 6) is 0.0127. The number of rotatable bonds is 1. The second-order valence-electron chi connectivity index (χ2n) is 2.53. The average molecular weight is 151 g/mol. The van der Waals surface area contributed by atoms with Crippen molar-refractivity contribution in [1.29, 1.82) is 0 Å². The smallest absolute Gasteiger partial charge is 0.207 e. The van der Waals surface area contributed by atoms with Crippen molar-refractivity contribution in [2.75, 3.05) is 0 Å². The van der Waals surface area contributed by atoms with E-state index >= 15 is 0 Å². The molecule has 0 saturated heterocycles. The highest BCUT2D eigenvalue weighted by Crippen LogP contribution is 1.97. The number of carbonyl (C=O) groups is 1. The third-order valence-corrected chi connectivity index (χ3v) is 1.70. The standard InChI is InChI=1S/C8H11N2O/c1-6-8(7(2)11)9-4-5-10(6)3/h4-5H,1-3H3/q+1. The van der Waals surface area contributed by atoms with Crippen molar-refractivity contribution in [3.05, 3.63) is 23.8 Å². The fourth-order valence-electron chi connectivity index (χ4n) is 0.926. The molecule has 0 atom stereocenters. The van der Waals surface area contributed by atoms with Gasteiger partial charge in [-0.2, -0.15) is 0 Å². The van der Waals surface area contributed by atoms with E-state index in [1.165, 1.54) is 6.92 Å². The molecule has 11 heavy (non-hydrogen) atoms. The summed E-state index contributed by atoms with van der Waals surface area (Å²) < 4.78 is 1.88. The summed E-state index contributed by atoms with van der Waals surface area (Å²) in [4.78, 5) is 14.9. The number of carbonyl (C=O) groups excluding carboxylic acids is 1. The van der Waals surface area contributed by atoms with E-state index < -0.39 is 0 Å². The van der Waals surface area contributed by atoms with Crippen molar-refractivity contribution in [3.63, 3.8) is 0 Å². The third-order valence-electron chi connectivity index (χ3n) is 1.70. The molecule has 3 heteroatoms. The minimum atomic E-state index is 0.0127. The van der Waals surface area contributed by atoms with Crippen molar-refractivity contribution in [2.24, 2.45) is 7.05 Å². The number of hydrogen-bond acceptors (Lipinski definition) is 2. The molecule has 0 aliphatic carbocycles. The van der Waals surface area contributed by atoms with Crippen LogP contribution in [-0.4, -0.2) is 10.8 Å². The molecule has 0 amide bonds. The van der Waals surface area contributed by atoms with Gasteiger partial charge in [-0.3, -0.25) is 4.79 Å². The van der Waals surface area contributed by atoms with Crippen LogP contribution in [0.1, 0.15) is 23.1 Å². The van der Waals surface area contributed by atoms with E-state index in [-0.39, 0.29) is 5.78 Å². The first kappa shape index (κ1) is 7.85. The molecule has 1 heterocycles. The molecular weight excluding hydrogens is 140 g/mol. The topological polar surface area (TPSA) is 33.8 Å². The Balaban J connectivity index is 3.27. The van der Waals surface area contributed by atoms with Crippen LogP contribution in [0.5, 0.6) is 0 Å². The van der Waals surface area contributed by atoms with Gasteiger partial charge in [-0.25, -0.2) is 9.55 Å². The maximum absolute atomic E-state index is 10.9. The van der Waals surface area contributed by atoms with Crippen LogP contribution in [0, 0.1) is 6.92 Å². The Bertz CT molecular complexity index is 294. The van der Waals surface area contributed by atoms with Gasteiger partial charge >= 0.3 is 0 Å². The van der Waals surface area contributed by atoms with E-state index in [9.17, 15) is 4.79 Å². The number of aryl methyl sites for hydroxylation is 1. The average Bonchev–Trinajstić information content (AvgIpc) is 1.94. The van der Waals surface area contributed by atoms with E-state index in [1.54, 1.807) is 6.20 Å². The van der Waals surface area contributed by atoms with Gasteiger partial charge in [0, 0.05) is 13.8 Å². The second-order valence-corrected chi connectivity index (χ2v) is 2.53. The fraction of sp³-hybridized carbons (Fsp3) is 0.375. The summed E-state index contributed by atoms with van der Waals surface area (Å²) in [6.45, 7) is 3.40. The molecule has 0 unspecified atom stereocenters. The molecule has 0 aliphatic rings. The number of hydrogen-bond donors (Lipinski definition) is 0. The van der Waals surface area contributed by atoms with Crippen LogP contribution in [-0.2, 0) is 7.05 Å². The molecule has 58 valence electrons. The minimum absolute atomic E-state index is 0.0127. The summed E-state index contributed by atoms with van der Waals surface area (Å²) in [6.07, 6.45) is 3.45. The van der Waals surface area contributed by atoms with E-state index in [4.69, 9.17) is 0 Å². The summed E-state index contributed by atoms with van der Waals surface area (Å²) in [5, 5.41) is 0. The van der Waals surface area contributed by atoms with Gasteiger partial charge in [-0.1, -0.05) is 0 Å². The molecule has 0 fully saturated rings. The van der Waals surface area contributed by atoms with Gasteiger partial charge in [0.25, 0.3) is 0 Å². The molecule has 0 bridgehead atoms. The molecule has 1 aromatic rings. The number of aromatic nitrogens is 2. The van der Waals surface area contributed by atoms with Crippen molar-refractivity contribution >= 4 is 5.78 Å². The van der Waals surface area contributed by atoms with E-state index in [1.807, 2.05) is 24.7 Å². The number of nitrogens with zero attached hydrogens (tertiary/aromatic N) is 2. The molecule has 0 saturated carbocycles. The first-order valence-corrected chi connectivity index (χ1v) is 3.45. The zero-order valence-corrected chi connectivity index (χ0v) is 6.96. The maximum atomic E-state index is 10.9. The van der Waals surface area contributed by atoms with Gasteiger partial charge in [-0.15, -0.1) is 0 Å². The van der Waals surface area contributed by atoms with Gasteiger partial charge in [0.1, 0.15) is 7.05 Å². The second kappa shape index (κ2) is 2.78. The van der Waals surface area contributed by atoms with Crippen molar-refractivity contribution in [2.45, 2.75) is 13.8 Å². The van der Waals surface area contributed by atoms with Crippen LogP contribution < -0.4 is 4.57 Å². The maximum Gasteiger partial charge on any atom is 0.207 e. The zero-order chi connectivity index (χ0) is 8.43. The monoisotopic (exact) mass is 151 g/mol. The Morgan fingerprint density at radius 2 is 2.27 bits per heavy atom. The Labute approximate surface area is 65.7 Å². The molecule has 0 aromatic carbocycles. The Morgan fingerprint density at radius 3 is 2.73 bits per heavy atom. The number of Topliss-reactive ketones (excluding diaryl/α,β-unsaturated/α-hetero) is 1. The molecule has 0 radical (unpaired) electrons. The Kier molecular flexibility index (Phi) is 1.98. The SMILES string of the molecule is CC(=O)c1ncc[n+](C)c1C. The van der Waals surface area contributed by atoms with E-state index in [2.05, 4.69) is 4.98 Å². The largest absolute Gasteiger partial charge is 0.293 e.